The van der Waals surface area contributed by atoms with E-state index in [1.165, 1.54) is 0 Å². The monoisotopic (exact) mass is 632 g/mol. The van der Waals surface area contributed by atoms with Crippen molar-refractivity contribution in [3.05, 3.63) is 0 Å². The smallest absolute Gasteiger partial charge is 1.00 e. The molecule has 222 valence electrons. The molecule has 4 amide bonds. The van der Waals surface area contributed by atoms with Crippen molar-refractivity contribution in [2.45, 2.75) is 81.9 Å². The summed E-state index contributed by atoms with van der Waals surface area (Å²) in [4.78, 5) is 103. The summed E-state index contributed by atoms with van der Waals surface area (Å²) in [6.45, 7) is 0. The zero-order chi connectivity index (χ0) is 30.1. The van der Waals surface area contributed by atoms with Crippen molar-refractivity contribution in [3.63, 3.8) is 0 Å². The molecule has 2 saturated heterocycles. The van der Waals surface area contributed by atoms with Gasteiger partial charge in [0.05, 0.1) is 12.8 Å². The normalized spacial score (nSPS) is 14.6. The van der Waals surface area contributed by atoms with E-state index in [-0.39, 0.29) is 144 Å². The first-order chi connectivity index (χ1) is 18.0. The zero-order valence-electron chi connectivity index (χ0n) is 26.5. The molecule has 2 aliphatic heterocycles. The number of carbonyl (C=O) groups excluding carboxylic acids is 4. The van der Waals surface area contributed by atoms with Crippen LogP contribution in [-0.2, 0) is 43.2 Å². The number of carboxylic acid groups (broad SMARTS) is 5. The van der Waals surface area contributed by atoms with E-state index in [2.05, 4.69) is 0 Å². The Kier molecular flexibility index (Phi) is 21.2. The largest absolute Gasteiger partial charge is 1.00 e. The number of aliphatic hydroxyl groups is 1. The molecule has 2 fully saturated rings. The number of likely N-dealkylation sites (tertiary alicyclic amines) is 2. The number of rotatable bonds is 14. The average molecular weight is 632 g/mol. The third kappa shape index (κ3) is 11.9. The van der Waals surface area contributed by atoms with Crippen molar-refractivity contribution < 1.29 is 167 Å². The Hall–Kier alpha value is -1.41. The van der Waals surface area contributed by atoms with Crippen LogP contribution in [-0.4, -0.2) is 105 Å². The summed E-state index contributed by atoms with van der Waals surface area (Å²) in [5.41, 5.74) is -5.11. The molecule has 0 aliphatic carbocycles. The second-order valence-corrected chi connectivity index (χ2v) is 8.80. The number of carboxylic acids is 5. The maximum absolute atomic E-state index is 12.2. The van der Waals surface area contributed by atoms with E-state index in [1.807, 2.05) is 0 Å². The Morgan fingerprint density at radius 1 is 0.595 bits per heavy atom. The van der Waals surface area contributed by atoms with Gasteiger partial charge in [-0.2, -0.15) is 0 Å². The fourth-order valence-electron chi connectivity index (χ4n) is 4.14. The number of aliphatic carboxylic acids is 5. The van der Waals surface area contributed by atoms with Crippen LogP contribution in [0.3, 0.4) is 0 Å². The fourth-order valence-corrected chi connectivity index (χ4v) is 4.14. The van der Waals surface area contributed by atoms with Gasteiger partial charge in [0, 0.05) is 38.5 Å². The third-order valence-corrected chi connectivity index (χ3v) is 5.89. The molecule has 0 bridgehead atoms. The molecule has 0 spiro atoms. The van der Waals surface area contributed by atoms with Gasteiger partial charge in [-0.3, -0.25) is 33.6 Å². The number of carbonyl (C=O) groups is 9. The van der Waals surface area contributed by atoms with Gasteiger partial charge in [0.25, 0.3) is 0 Å². The van der Waals surface area contributed by atoms with Gasteiger partial charge >= 0.3 is 119 Å². The standard InChI is InChI=1S/C16H20N2O8.C6H8O7.3Na.3H/c19-10-5-6-11(20)17(10)16(15(25)26,9-3-1-2-4-14(23)24)18-12(21)7-8-13(18)22;7-3(8)1-6(13,5(11)12)2-4(9)10;;;;;;/h1-9H2,(H,23,24)(H,25,26);13H,1-2H2,(H,7,8)(H,9,10)(H,11,12);;;;;;/q;;3*+1;3*-1. The topological polar surface area (TPSA) is 281 Å². The molecule has 0 saturated carbocycles. The number of nitrogens with zero attached hydrogens (tertiary/aromatic N) is 2. The van der Waals surface area contributed by atoms with E-state index in [9.17, 15) is 48.3 Å². The first-order valence-corrected chi connectivity index (χ1v) is 11.6. The zero-order valence-corrected chi connectivity index (χ0v) is 29.5. The van der Waals surface area contributed by atoms with Crippen LogP contribution in [0.5, 0.6) is 0 Å². The molecule has 2 heterocycles. The van der Waals surface area contributed by atoms with Crippen LogP contribution in [0, 0.1) is 0 Å². The van der Waals surface area contributed by atoms with Gasteiger partial charge in [-0.25, -0.2) is 19.4 Å². The van der Waals surface area contributed by atoms with Crippen LogP contribution < -0.4 is 88.7 Å². The minimum Gasteiger partial charge on any atom is -1.00 e. The van der Waals surface area contributed by atoms with Crippen molar-refractivity contribution in [2.75, 3.05) is 0 Å². The average Bonchev–Trinajstić information content (AvgIpc) is 3.31. The van der Waals surface area contributed by atoms with Crippen LogP contribution in [0.15, 0.2) is 0 Å². The predicted octanol–water partition coefficient (Wildman–Crippen LogP) is -9.80. The quantitative estimate of drug-likeness (QED) is 0.0589. The van der Waals surface area contributed by atoms with Crippen molar-refractivity contribution in [1.29, 1.82) is 0 Å². The van der Waals surface area contributed by atoms with Gasteiger partial charge in [-0.05, 0) is 12.8 Å². The van der Waals surface area contributed by atoms with E-state index in [1.54, 1.807) is 0 Å². The van der Waals surface area contributed by atoms with Gasteiger partial charge in [0.2, 0.25) is 29.3 Å². The SMILES string of the molecule is O=C(O)CC(O)(CC(=O)O)C(=O)O.O=C(O)CCCCCC(C(=O)O)(N1C(=O)CCC1=O)N1C(=O)CCC1=O.[H-].[H-].[H-].[Na+].[Na+].[Na+]. The molecule has 2 aliphatic rings. The maximum Gasteiger partial charge on any atom is 1.00 e. The number of hydrogen-bond donors (Lipinski definition) is 6. The van der Waals surface area contributed by atoms with E-state index < -0.39 is 77.6 Å². The molecule has 0 aromatic rings. The molecule has 0 atom stereocenters. The van der Waals surface area contributed by atoms with Gasteiger partial charge in [0.1, 0.15) is 0 Å². The molecule has 17 nitrogen and oxygen atoms in total. The minimum absolute atomic E-state index is 0. The Bertz CT molecular complexity index is 1010. The first-order valence-electron chi connectivity index (χ1n) is 11.6. The fraction of sp³-hybridized carbons (Fsp3) is 0.591. The second kappa shape index (κ2) is 19.8. The molecular weight excluding hydrogens is 601 g/mol. The van der Waals surface area contributed by atoms with Crippen molar-refractivity contribution in [3.8, 4) is 0 Å². The third-order valence-electron chi connectivity index (χ3n) is 5.89. The predicted molar refractivity (Wildman–Crippen MR) is 124 cm³/mol. The molecule has 6 N–H and O–H groups in total. The Morgan fingerprint density at radius 2 is 0.952 bits per heavy atom. The summed E-state index contributed by atoms with van der Waals surface area (Å²) in [6, 6.07) is 0. The van der Waals surface area contributed by atoms with Crippen molar-refractivity contribution >= 4 is 53.5 Å². The molecule has 0 aromatic carbocycles. The Labute approximate surface area is 309 Å². The number of amides is 4. The van der Waals surface area contributed by atoms with Crippen LogP contribution >= 0.6 is 0 Å². The second-order valence-electron chi connectivity index (χ2n) is 8.80. The van der Waals surface area contributed by atoms with Gasteiger partial charge in [-0.15, -0.1) is 0 Å². The van der Waals surface area contributed by atoms with E-state index in [4.69, 9.17) is 25.5 Å². The van der Waals surface area contributed by atoms with Crippen molar-refractivity contribution in [1.82, 2.24) is 9.80 Å². The van der Waals surface area contributed by atoms with Gasteiger partial charge < -0.3 is 34.9 Å². The minimum atomic E-state index is -2.74. The molecule has 0 unspecified atom stereocenters. The van der Waals surface area contributed by atoms with E-state index in [0.29, 0.717) is 16.2 Å². The van der Waals surface area contributed by atoms with Gasteiger partial charge in [0.15, 0.2) is 5.60 Å². The summed E-state index contributed by atoms with van der Waals surface area (Å²) < 4.78 is 0. The molecular formula is C22H31N2Na3O15. The summed E-state index contributed by atoms with van der Waals surface area (Å²) in [7, 11) is 0. The van der Waals surface area contributed by atoms with E-state index in [0.717, 1.165) is 0 Å². The Balaban J connectivity index is -0.000000175. The maximum atomic E-state index is 12.2. The summed E-state index contributed by atoms with van der Waals surface area (Å²) in [6.07, 6.45) is -2.71. The Morgan fingerprint density at radius 3 is 1.21 bits per heavy atom. The summed E-state index contributed by atoms with van der Waals surface area (Å²) in [5.74, 6) is -10.6. The van der Waals surface area contributed by atoms with Crippen molar-refractivity contribution in [2.24, 2.45) is 0 Å². The molecule has 2 rings (SSSR count). The van der Waals surface area contributed by atoms with Gasteiger partial charge in [-0.1, -0.05) is 6.42 Å². The van der Waals surface area contributed by atoms with Crippen LogP contribution in [0.2, 0.25) is 0 Å². The molecule has 20 heteroatoms. The molecule has 0 aromatic heterocycles. The van der Waals surface area contributed by atoms with Crippen LogP contribution in [0.1, 0.15) is 74.9 Å². The number of unbranched alkanes of at least 4 members (excludes halogenated alkanes) is 2. The number of imide groups is 2. The van der Waals surface area contributed by atoms with E-state index >= 15 is 0 Å². The first kappa shape index (κ1) is 45.0. The van der Waals surface area contributed by atoms with Crippen LogP contribution in [0.25, 0.3) is 0 Å². The summed E-state index contributed by atoms with van der Waals surface area (Å²) in [5, 5.41) is 52.3. The van der Waals surface area contributed by atoms with Crippen LogP contribution in [0.4, 0.5) is 0 Å². The summed E-state index contributed by atoms with van der Waals surface area (Å²) >= 11 is 0. The molecule has 42 heavy (non-hydrogen) atoms. The molecule has 0 radical (unpaired) electrons. The number of hydrogen-bond acceptors (Lipinski definition) is 10.